The van der Waals surface area contributed by atoms with Gasteiger partial charge in [-0.05, 0) is 55.8 Å². The number of benzene rings is 1. The maximum absolute atomic E-state index is 3.68. The molecule has 0 aliphatic carbocycles. The highest BCUT2D eigenvalue weighted by Gasteiger charge is 2.29. The number of rotatable bonds is 3. The van der Waals surface area contributed by atoms with Crippen LogP contribution in [0.4, 0.5) is 0 Å². The predicted molar refractivity (Wildman–Crippen MR) is 97.0 cm³/mol. The van der Waals surface area contributed by atoms with E-state index in [1.165, 1.54) is 55.5 Å². The Hall–Kier alpha value is -0.380. The van der Waals surface area contributed by atoms with E-state index in [1.54, 1.807) is 0 Å². The molecular formula is C19H29BrN2. The van der Waals surface area contributed by atoms with Gasteiger partial charge in [0.2, 0.25) is 0 Å². The van der Waals surface area contributed by atoms with Crippen molar-refractivity contribution in [2.24, 2.45) is 11.8 Å². The Morgan fingerprint density at radius 2 is 1.68 bits per heavy atom. The number of likely N-dealkylation sites (tertiary alicyclic amines) is 2. The normalized spacial score (nSPS) is 28.9. The fraction of sp³-hybridized carbons (Fsp3) is 0.684. The zero-order valence-corrected chi connectivity index (χ0v) is 15.6. The molecular weight excluding hydrogens is 336 g/mol. The summed E-state index contributed by atoms with van der Waals surface area (Å²) in [6, 6.07) is 9.45. The molecule has 0 N–H and O–H groups in total. The Morgan fingerprint density at radius 1 is 1.05 bits per heavy atom. The van der Waals surface area contributed by atoms with E-state index < -0.39 is 0 Å². The van der Waals surface area contributed by atoms with Gasteiger partial charge in [0.25, 0.3) is 0 Å². The minimum atomic E-state index is 0.820. The molecule has 0 amide bonds. The van der Waals surface area contributed by atoms with Gasteiger partial charge in [-0.3, -0.25) is 9.80 Å². The van der Waals surface area contributed by atoms with Crippen molar-refractivity contribution in [3.63, 3.8) is 0 Å². The average Bonchev–Trinajstić information content (AvgIpc) is 2.49. The van der Waals surface area contributed by atoms with Gasteiger partial charge in [0, 0.05) is 30.1 Å². The lowest BCUT2D eigenvalue weighted by molar-refractivity contribution is 0.0529. The average molecular weight is 365 g/mol. The summed E-state index contributed by atoms with van der Waals surface area (Å²) in [6.07, 6.45) is 4.09. The van der Waals surface area contributed by atoms with Crippen LogP contribution in [0.5, 0.6) is 0 Å². The zero-order valence-electron chi connectivity index (χ0n) is 14.0. The Balaban J connectivity index is 1.51. The number of piperidine rings is 2. The predicted octanol–water partition coefficient (Wildman–Crippen LogP) is 4.39. The SMILES string of the molecule is C[C@@H]1C[C@@H](C)CN(C2CCN(Cc3ccccc3Br)CC2)C1. The molecule has 2 saturated heterocycles. The van der Waals surface area contributed by atoms with E-state index >= 15 is 0 Å². The van der Waals surface area contributed by atoms with Crippen molar-refractivity contribution >= 4 is 15.9 Å². The maximum atomic E-state index is 3.68. The molecule has 2 atom stereocenters. The van der Waals surface area contributed by atoms with Crippen LogP contribution in [0.25, 0.3) is 0 Å². The van der Waals surface area contributed by atoms with E-state index in [2.05, 4.69) is 63.8 Å². The molecule has 0 radical (unpaired) electrons. The largest absolute Gasteiger partial charge is 0.300 e. The molecule has 122 valence electrons. The molecule has 1 aromatic carbocycles. The highest BCUT2D eigenvalue weighted by Crippen LogP contribution is 2.27. The third kappa shape index (κ3) is 4.12. The summed E-state index contributed by atoms with van der Waals surface area (Å²) in [5.41, 5.74) is 1.42. The van der Waals surface area contributed by atoms with E-state index in [1.807, 2.05) is 0 Å². The summed E-state index contributed by atoms with van der Waals surface area (Å²) >= 11 is 3.68. The van der Waals surface area contributed by atoms with Crippen LogP contribution < -0.4 is 0 Å². The van der Waals surface area contributed by atoms with Crippen molar-refractivity contribution in [1.82, 2.24) is 9.80 Å². The van der Waals surface area contributed by atoms with Gasteiger partial charge < -0.3 is 0 Å². The zero-order chi connectivity index (χ0) is 15.5. The molecule has 0 aromatic heterocycles. The summed E-state index contributed by atoms with van der Waals surface area (Å²) in [7, 11) is 0. The standard InChI is InChI=1S/C19H29BrN2/c1-15-11-16(2)13-22(12-15)18-7-9-21(10-8-18)14-17-5-3-4-6-19(17)20/h3-6,15-16,18H,7-14H2,1-2H3/t15-,16-/m1/s1. The lowest BCUT2D eigenvalue weighted by atomic mass is 9.89. The number of nitrogens with zero attached hydrogens (tertiary/aromatic N) is 2. The van der Waals surface area contributed by atoms with Crippen molar-refractivity contribution in [2.45, 2.75) is 45.7 Å². The fourth-order valence-corrected chi connectivity index (χ4v) is 4.73. The molecule has 0 unspecified atom stereocenters. The first-order valence-corrected chi connectivity index (χ1v) is 9.61. The Bertz CT molecular complexity index is 472. The number of hydrogen-bond acceptors (Lipinski definition) is 2. The number of halogens is 1. The molecule has 2 fully saturated rings. The van der Waals surface area contributed by atoms with Crippen molar-refractivity contribution in [3.05, 3.63) is 34.3 Å². The molecule has 0 saturated carbocycles. The van der Waals surface area contributed by atoms with Crippen LogP contribution in [0.1, 0.15) is 38.7 Å². The van der Waals surface area contributed by atoms with Gasteiger partial charge >= 0.3 is 0 Å². The van der Waals surface area contributed by atoms with Crippen molar-refractivity contribution in [3.8, 4) is 0 Å². The second-order valence-corrected chi connectivity index (χ2v) is 8.35. The second kappa shape index (κ2) is 7.46. The van der Waals surface area contributed by atoms with Crippen LogP contribution in [0.3, 0.4) is 0 Å². The Kier molecular flexibility index (Phi) is 5.59. The van der Waals surface area contributed by atoms with E-state index in [9.17, 15) is 0 Å². The number of hydrogen-bond donors (Lipinski definition) is 0. The third-order valence-electron chi connectivity index (χ3n) is 5.32. The van der Waals surface area contributed by atoms with Crippen LogP contribution in [-0.4, -0.2) is 42.0 Å². The van der Waals surface area contributed by atoms with Crippen LogP contribution in [0.15, 0.2) is 28.7 Å². The van der Waals surface area contributed by atoms with Crippen molar-refractivity contribution in [2.75, 3.05) is 26.2 Å². The first-order valence-electron chi connectivity index (χ1n) is 8.81. The molecule has 3 rings (SSSR count). The molecule has 2 aliphatic rings. The van der Waals surface area contributed by atoms with Gasteiger partial charge in [-0.1, -0.05) is 48.0 Å². The highest BCUT2D eigenvalue weighted by atomic mass is 79.9. The summed E-state index contributed by atoms with van der Waals surface area (Å²) in [6.45, 7) is 11.0. The third-order valence-corrected chi connectivity index (χ3v) is 6.10. The molecule has 0 bridgehead atoms. The maximum Gasteiger partial charge on any atom is 0.0244 e. The molecule has 2 aliphatic heterocycles. The molecule has 0 spiro atoms. The summed E-state index contributed by atoms with van der Waals surface area (Å²) in [5, 5.41) is 0. The van der Waals surface area contributed by atoms with E-state index in [4.69, 9.17) is 0 Å². The van der Waals surface area contributed by atoms with Gasteiger partial charge in [0.15, 0.2) is 0 Å². The highest BCUT2D eigenvalue weighted by molar-refractivity contribution is 9.10. The summed E-state index contributed by atoms with van der Waals surface area (Å²) in [4.78, 5) is 5.40. The lowest BCUT2D eigenvalue weighted by Gasteiger charge is -2.43. The quantitative estimate of drug-likeness (QED) is 0.784. The summed E-state index contributed by atoms with van der Waals surface area (Å²) < 4.78 is 1.25. The van der Waals surface area contributed by atoms with Crippen LogP contribution in [0, 0.1) is 11.8 Å². The van der Waals surface area contributed by atoms with Gasteiger partial charge in [-0.15, -0.1) is 0 Å². The van der Waals surface area contributed by atoms with Crippen molar-refractivity contribution < 1.29 is 0 Å². The molecule has 1 aromatic rings. The smallest absolute Gasteiger partial charge is 0.0244 e. The lowest BCUT2D eigenvalue weighted by Crippen LogP contribution is -2.49. The van der Waals surface area contributed by atoms with Gasteiger partial charge in [-0.25, -0.2) is 0 Å². The van der Waals surface area contributed by atoms with Crippen LogP contribution in [-0.2, 0) is 6.54 Å². The van der Waals surface area contributed by atoms with Crippen LogP contribution in [0.2, 0.25) is 0 Å². The second-order valence-electron chi connectivity index (χ2n) is 7.50. The van der Waals surface area contributed by atoms with E-state index in [0.29, 0.717) is 0 Å². The minimum Gasteiger partial charge on any atom is -0.300 e. The van der Waals surface area contributed by atoms with E-state index in [-0.39, 0.29) is 0 Å². The van der Waals surface area contributed by atoms with Gasteiger partial charge in [0.1, 0.15) is 0 Å². The molecule has 3 heteroatoms. The van der Waals surface area contributed by atoms with E-state index in [0.717, 1.165) is 24.4 Å². The first kappa shape index (κ1) is 16.5. The minimum absolute atomic E-state index is 0.820. The topological polar surface area (TPSA) is 6.48 Å². The molecule has 2 nitrogen and oxygen atoms in total. The first-order chi connectivity index (χ1) is 10.6. The fourth-order valence-electron chi connectivity index (χ4n) is 4.32. The Morgan fingerprint density at radius 3 is 2.32 bits per heavy atom. The summed E-state index contributed by atoms with van der Waals surface area (Å²) in [5.74, 6) is 1.75. The Labute approximate surface area is 144 Å². The van der Waals surface area contributed by atoms with Crippen molar-refractivity contribution in [1.29, 1.82) is 0 Å². The van der Waals surface area contributed by atoms with Gasteiger partial charge in [0.05, 0.1) is 0 Å². The molecule has 2 heterocycles. The van der Waals surface area contributed by atoms with Gasteiger partial charge in [-0.2, -0.15) is 0 Å². The van der Waals surface area contributed by atoms with Crippen LogP contribution >= 0.6 is 15.9 Å². The monoisotopic (exact) mass is 364 g/mol. The molecule has 22 heavy (non-hydrogen) atoms.